The maximum atomic E-state index is 6.28. The lowest BCUT2D eigenvalue weighted by atomic mass is 9.92. The first-order valence-electron chi connectivity index (χ1n) is 11.9. The highest BCUT2D eigenvalue weighted by Gasteiger charge is 2.20. The van der Waals surface area contributed by atoms with Crippen molar-refractivity contribution in [3.8, 4) is 0 Å². The molecule has 2 aliphatic carbocycles. The summed E-state index contributed by atoms with van der Waals surface area (Å²) < 4.78 is 0. The molecule has 4 aromatic rings. The lowest BCUT2D eigenvalue weighted by molar-refractivity contribution is 0.671. The van der Waals surface area contributed by atoms with Gasteiger partial charge in [0, 0.05) is 43.6 Å². The van der Waals surface area contributed by atoms with E-state index < -0.39 is 0 Å². The van der Waals surface area contributed by atoms with Gasteiger partial charge < -0.3 is 10.6 Å². The van der Waals surface area contributed by atoms with E-state index in [-0.39, 0.29) is 0 Å². The van der Waals surface area contributed by atoms with Gasteiger partial charge in [0.05, 0.1) is 17.7 Å². The Morgan fingerprint density at radius 2 is 1.09 bits per heavy atom. The Hall–Kier alpha value is -2.56. The number of nitrogens with one attached hydrogen (secondary N) is 2. The molecule has 0 radical (unpaired) electrons. The first-order valence-corrected chi connectivity index (χ1v) is 12.6. The summed E-state index contributed by atoms with van der Waals surface area (Å²) in [7, 11) is 0. The first-order chi connectivity index (χ1) is 16.2. The maximum Gasteiger partial charge on any atom is 0.0850 e. The Kier molecular flexibility index (Phi) is 5.51. The van der Waals surface area contributed by atoms with Gasteiger partial charge in [-0.3, -0.25) is 9.97 Å². The monoisotopic (exact) mass is 476 g/mol. The summed E-state index contributed by atoms with van der Waals surface area (Å²) in [4.78, 5) is 9.89. The van der Waals surface area contributed by atoms with Crippen LogP contribution in [0.4, 0.5) is 11.4 Å². The van der Waals surface area contributed by atoms with Crippen LogP contribution in [-0.4, -0.2) is 16.6 Å². The van der Waals surface area contributed by atoms with Crippen LogP contribution < -0.4 is 10.6 Å². The highest BCUT2D eigenvalue weighted by Crippen LogP contribution is 2.36. The number of rotatable bonds is 4. The van der Waals surface area contributed by atoms with Gasteiger partial charge in [0.2, 0.25) is 0 Å². The van der Waals surface area contributed by atoms with Crippen molar-refractivity contribution in [1.82, 2.24) is 9.97 Å². The van der Waals surface area contributed by atoms with Crippen molar-refractivity contribution in [2.45, 2.75) is 51.4 Å². The summed E-state index contributed by atoms with van der Waals surface area (Å²) in [6.07, 6.45) is 9.00. The number of nitrogens with zero attached hydrogens (tertiary/aromatic N) is 2. The predicted octanol–water partition coefficient (Wildman–Crippen LogP) is 7.33. The molecule has 0 saturated heterocycles. The highest BCUT2D eigenvalue weighted by molar-refractivity contribution is 6.31. The molecule has 0 saturated carbocycles. The Morgan fingerprint density at radius 1 is 0.636 bits per heavy atom. The maximum absolute atomic E-state index is 6.28. The average Bonchev–Trinajstić information content (AvgIpc) is 2.82. The van der Waals surface area contributed by atoms with E-state index in [4.69, 9.17) is 33.2 Å². The standard InChI is InChI=1S/C27H26Cl2N4/c28-16-9-11-20-24(13-16)32-22-7-3-1-5-18(22)26(20)30-15-31-27-19-6-2-4-8-23(19)33-25-14-17(29)10-12-21(25)27/h9-14H,1-8,15H2,(H,30,32)(H,31,33). The minimum absolute atomic E-state index is 0.627. The van der Waals surface area contributed by atoms with Crippen molar-refractivity contribution in [2.24, 2.45) is 0 Å². The van der Waals surface area contributed by atoms with Crippen LogP contribution in [0.5, 0.6) is 0 Å². The average molecular weight is 477 g/mol. The lowest BCUT2D eigenvalue weighted by Crippen LogP contribution is -2.18. The number of aromatic nitrogens is 2. The van der Waals surface area contributed by atoms with Gasteiger partial charge in [-0.05, 0) is 98.9 Å². The molecule has 0 atom stereocenters. The molecular formula is C27H26Cl2N4. The molecule has 6 rings (SSSR count). The van der Waals surface area contributed by atoms with Gasteiger partial charge in [-0.15, -0.1) is 0 Å². The second kappa shape index (κ2) is 8.66. The van der Waals surface area contributed by atoms with E-state index in [0.29, 0.717) is 6.67 Å². The number of halogens is 2. The zero-order valence-electron chi connectivity index (χ0n) is 18.5. The van der Waals surface area contributed by atoms with Crippen LogP contribution >= 0.6 is 23.2 Å². The molecule has 2 aromatic carbocycles. The number of hydrogen-bond donors (Lipinski definition) is 2. The number of pyridine rings is 2. The van der Waals surface area contributed by atoms with Gasteiger partial charge in [-0.25, -0.2) is 0 Å². The second-order valence-electron chi connectivity index (χ2n) is 9.09. The molecule has 2 N–H and O–H groups in total. The fourth-order valence-corrected chi connectivity index (χ4v) is 5.75. The third-order valence-electron chi connectivity index (χ3n) is 6.98. The van der Waals surface area contributed by atoms with Gasteiger partial charge in [-0.2, -0.15) is 0 Å². The van der Waals surface area contributed by atoms with E-state index >= 15 is 0 Å². The second-order valence-corrected chi connectivity index (χ2v) is 9.96. The zero-order chi connectivity index (χ0) is 22.4. The number of hydrogen-bond acceptors (Lipinski definition) is 4. The summed E-state index contributed by atoms with van der Waals surface area (Å²) in [6.45, 7) is 0.627. The largest absolute Gasteiger partial charge is 0.367 e. The molecular weight excluding hydrogens is 451 g/mol. The molecule has 0 bridgehead atoms. The summed E-state index contributed by atoms with van der Waals surface area (Å²) in [5.41, 5.74) is 9.43. The van der Waals surface area contributed by atoms with Crippen molar-refractivity contribution >= 4 is 56.4 Å². The van der Waals surface area contributed by atoms with E-state index in [2.05, 4.69) is 22.8 Å². The summed E-state index contributed by atoms with van der Waals surface area (Å²) >= 11 is 12.6. The summed E-state index contributed by atoms with van der Waals surface area (Å²) in [5, 5.41) is 11.2. The van der Waals surface area contributed by atoms with Gasteiger partial charge in [0.25, 0.3) is 0 Å². The molecule has 168 valence electrons. The predicted molar refractivity (Wildman–Crippen MR) is 139 cm³/mol. The third kappa shape index (κ3) is 3.89. The Morgan fingerprint density at radius 3 is 1.58 bits per heavy atom. The van der Waals surface area contributed by atoms with Crippen LogP contribution in [0.2, 0.25) is 10.0 Å². The topological polar surface area (TPSA) is 49.8 Å². The van der Waals surface area contributed by atoms with Crippen molar-refractivity contribution in [3.63, 3.8) is 0 Å². The Bertz CT molecular complexity index is 1280. The molecule has 33 heavy (non-hydrogen) atoms. The molecule has 0 unspecified atom stereocenters. The molecule has 0 fully saturated rings. The minimum Gasteiger partial charge on any atom is -0.367 e. The third-order valence-corrected chi connectivity index (χ3v) is 7.45. The molecule has 0 spiro atoms. The van der Waals surface area contributed by atoms with Gasteiger partial charge in [0.1, 0.15) is 0 Å². The molecule has 0 amide bonds. The van der Waals surface area contributed by atoms with Crippen molar-refractivity contribution in [2.75, 3.05) is 17.3 Å². The Labute approximate surface area is 203 Å². The van der Waals surface area contributed by atoms with E-state index in [1.165, 1.54) is 59.6 Å². The van der Waals surface area contributed by atoms with Crippen LogP contribution in [-0.2, 0) is 25.7 Å². The van der Waals surface area contributed by atoms with Crippen LogP contribution in [0.15, 0.2) is 36.4 Å². The van der Waals surface area contributed by atoms with Gasteiger partial charge in [-0.1, -0.05) is 23.2 Å². The molecule has 2 heterocycles. The van der Waals surface area contributed by atoms with Crippen molar-refractivity contribution in [3.05, 3.63) is 69.0 Å². The van der Waals surface area contributed by atoms with Crippen molar-refractivity contribution < 1.29 is 0 Å². The lowest BCUT2D eigenvalue weighted by Gasteiger charge is -2.24. The first kappa shape index (κ1) is 21.0. The molecule has 0 aliphatic heterocycles. The van der Waals surface area contributed by atoms with Crippen molar-refractivity contribution in [1.29, 1.82) is 0 Å². The molecule has 2 aliphatic rings. The van der Waals surface area contributed by atoms with Gasteiger partial charge >= 0.3 is 0 Å². The quantitative estimate of drug-likeness (QED) is 0.302. The summed E-state index contributed by atoms with van der Waals surface area (Å²) in [6, 6.07) is 12.0. The smallest absolute Gasteiger partial charge is 0.0850 e. The Balaban J connectivity index is 1.37. The summed E-state index contributed by atoms with van der Waals surface area (Å²) in [5.74, 6) is 0. The van der Waals surface area contributed by atoms with Crippen LogP contribution in [0, 0.1) is 0 Å². The molecule has 4 nitrogen and oxygen atoms in total. The zero-order valence-corrected chi connectivity index (χ0v) is 20.0. The molecule has 2 aromatic heterocycles. The SMILES string of the molecule is Clc1ccc2c(NCNc3c4c(nc5cc(Cl)ccc35)CCCC4)c3c(nc2c1)CCCC3. The fraction of sp³-hybridized carbons (Fsp3) is 0.333. The van der Waals surface area contributed by atoms with E-state index in [1.54, 1.807) is 0 Å². The van der Waals surface area contributed by atoms with E-state index in [9.17, 15) is 0 Å². The fourth-order valence-electron chi connectivity index (χ4n) is 5.42. The highest BCUT2D eigenvalue weighted by atomic mass is 35.5. The van der Waals surface area contributed by atoms with Crippen LogP contribution in [0.1, 0.15) is 48.2 Å². The van der Waals surface area contributed by atoms with E-state index in [0.717, 1.165) is 57.5 Å². The van der Waals surface area contributed by atoms with E-state index in [1.807, 2.05) is 24.3 Å². The minimum atomic E-state index is 0.627. The normalized spacial score (nSPS) is 15.3. The number of fused-ring (bicyclic) bond motifs is 4. The van der Waals surface area contributed by atoms with Crippen LogP contribution in [0.3, 0.4) is 0 Å². The number of anilines is 2. The van der Waals surface area contributed by atoms with Gasteiger partial charge in [0.15, 0.2) is 0 Å². The number of aryl methyl sites for hydroxylation is 2. The molecule has 6 heteroatoms. The van der Waals surface area contributed by atoms with Crippen LogP contribution in [0.25, 0.3) is 21.8 Å². The number of benzene rings is 2.